The normalized spacial score (nSPS) is 17.3. The highest BCUT2D eigenvalue weighted by atomic mass is 19.2. The van der Waals surface area contributed by atoms with Crippen molar-refractivity contribution in [3.8, 4) is 11.3 Å². The fourth-order valence-corrected chi connectivity index (χ4v) is 4.07. The molecule has 3 aromatic rings. The lowest BCUT2D eigenvalue weighted by Gasteiger charge is -2.36. The number of benzene rings is 2. The minimum absolute atomic E-state index is 0.00683. The molecule has 0 unspecified atom stereocenters. The molecule has 0 aliphatic carbocycles. The molecule has 1 aliphatic heterocycles. The van der Waals surface area contributed by atoms with Crippen molar-refractivity contribution < 1.29 is 18.7 Å². The van der Waals surface area contributed by atoms with E-state index in [1.54, 1.807) is 24.3 Å². The van der Waals surface area contributed by atoms with Crippen LogP contribution in [0.3, 0.4) is 0 Å². The van der Waals surface area contributed by atoms with Gasteiger partial charge in [0.15, 0.2) is 17.5 Å². The first-order valence-corrected chi connectivity index (χ1v) is 9.79. The molecule has 1 fully saturated rings. The van der Waals surface area contributed by atoms with Gasteiger partial charge >= 0.3 is 6.09 Å². The number of amides is 1. The lowest BCUT2D eigenvalue weighted by molar-refractivity contribution is 0.187. The number of nitrogens with zero attached hydrogens (tertiary/aromatic N) is 4. The monoisotopic (exact) mass is 412 g/mol. The molecule has 0 spiro atoms. The second-order valence-electron chi connectivity index (χ2n) is 7.69. The molecular formula is C22H22F2N4O2. The van der Waals surface area contributed by atoms with Gasteiger partial charge in [0.2, 0.25) is 0 Å². The quantitative estimate of drug-likeness (QED) is 0.688. The Morgan fingerprint density at radius 2 is 1.87 bits per heavy atom. The number of hydrogen-bond acceptors (Lipinski definition) is 4. The molecule has 1 atom stereocenters. The van der Waals surface area contributed by atoms with Gasteiger partial charge in [0.1, 0.15) is 5.69 Å². The number of aryl methyl sites for hydroxylation is 1. The molecule has 0 saturated carbocycles. The van der Waals surface area contributed by atoms with Crippen molar-refractivity contribution in [1.82, 2.24) is 15.1 Å². The number of halogens is 2. The number of aromatic nitrogens is 2. The molecule has 4 rings (SSSR count). The summed E-state index contributed by atoms with van der Waals surface area (Å²) in [6, 6.07) is 9.64. The van der Waals surface area contributed by atoms with Crippen LogP contribution in [0.4, 0.5) is 19.4 Å². The van der Waals surface area contributed by atoms with E-state index in [0.717, 1.165) is 13.0 Å². The number of carboxylic acid groups (broad SMARTS) is 1. The predicted octanol–water partition coefficient (Wildman–Crippen LogP) is 4.46. The Kier molecular flexibility index (Phi) is 5.34. The number of anilines is 1. The summed E-state index contributed by atoms with van der Waals surface area (Å²) in [6.07, 6.45) is 0.476. The molecule has 1 N–H and O–H groups in total. The van der Waals surface area contributed by atoms with Gasteiger partial charge in [-0.05, 0) is 45.0 Å². The molecule has 0 bridgehead atoms. The van der Waals surface area contributed by atoms with Crippen molar-refractivity contribution in [2.75, 3.05) is 25.0 Å². The number of hydrogen-bond donors (Lipinski definition) is 1. The highest BCUT2D eigenvalue weighted by Gasteiger charge is 2.31. The standard InChI is InChI=1S/C22H22F2N4O2/c1-13-9-10-17(19(24)18(13)23)20-15-7-3-4-8-16(15)21(26-25-20)28(22(29)30)14-6-5-11-27(2)12-14/h3-4,7-10,14H,5-6,11-12H2,1-2H3,(H,29,30)/t14-/m1/s1. The summed E-state index contributed by atoms with van der Waals surface area (Å²) in [7, 11) is 1.95. The fraction of sp³-hybridized carbons (Fsp3) is 0.318. The molecular weight excluding hydrogens is 390 g/mol. The average Bonchev–Trinajstić information content (AvgIpc) is 2.73. The van der Waals surface area contributed by atoms with Gasteiger partial charge in [-0.1, -0.05) is 30.3 Å². The SMILES string of the molecule is Cc1ccc(-c2nnc(N(C(=O)O)[C@@H]3CCCN(C)C3)c3ccccc23)c(F)c1F. The van der Waals surface area contributed by atoms with Crippen LogP contribution in [0.25, 0.3) is 22.0 Å². The Morgan fingerprint density at radius 3 is 2.57 bits per heavy atom. The van der Waals surface area contributed by atoms with Crippen LogP contribution in [0.15, 0.2) is 36.4 Å². The van der Waals surface area contributed by atoms with E-state index in [-0.39, 0.29) is 28.7 Å². The third kappa shape index (κ3) is 3.47. The first kappa shape index (κ1) is 20.2. The lowest BCUT2D eigenvalue weighted by atomic mass is 10.0. The summed E-state index contributed by atoms with van der Waals surface area (Å²) >= 11 is 0. The van der Waals surface area contributed by atoms with E-state index in [1.807, 2.05) is 7.05 Å². The number of piperidine rings is 1. The third-order valence-corrected chi connectivity index (χ3v) is 5.60. The smallest absolute Gasteiger partial charge is 0.413 e. The van der Waals surface area contributed by atoms with Gasteiger partial charge in [-0.25, -0.2) is 13.6 Å². The first-order valence-electron chi connectivity index (χ1n) is 9.79. The molecule has 6 nitrogen and oxygen atoms in total. The van der Waals surface area contributed by atoms with Crippen molar-refractivity contribution in [2.24, 2.45) is 0 Å². The minimum atomic E-state index is -1.12. The highest BCUT2D eigenvalue weighted by molar-refractivity contribution is 6.04. The van der Waals surface area contributed by atoms with Gasteiger partial charge in [0, 0.05) is 22.9 Å². The highest BCUT2D eigenvalue weighted by Crippen LogP contribution is 2.35. The van der Waals surface area contributed by atoms with Crippen LogP contribution >= 0.6 is 0 Å². The van der Waals surface area contributed by atoms with Gasteiger partial charge < -0.3 is 10.0 Å². The molecule has 30 heavy (non-hydrogen) atoms. The summed E-state index contributed by atoms with van der Waals surface area (Å²) in [5, 5.41) is 19.3. The molecule has 2 aromatic carbocycles. The van der Waals surface area contributed by atoms with Crippen LogP contribution in [0, 0.1) is 18.6 Å². The molecule has 156 valence electrons. The Labute approximate surface area is 172 Å². The number of likely N-dealkylation sites (tertiary alicyclic amines) is 1. The number of rotatable bonds is 3. The minimum Gasteiger partial charge on any atom is -0.465 e. The molecule has 8 heteroatoms. The van der Waals surface area contributed by atoms with Gasteiger partial charge in [-0.15, -0.1) is 10.2 Å². The molecule has 2 heterocycles. The van der Waals surface area contributed by atoms with E-state index in [2.05, 4.69) is 15.1 Å². The number of carbonyl (C=O) groups is 1. The van der Waals surface area contributed by atoms with E-state index >= 15 is 0 Å². The zero-order chi connectivity index (χ0) is 21.4. The van der Waals surface area contributed by atoms with Crippen LogP contribution in [-0.2, 0) is 0 Å². The maximum absolute atomic E-state index is 14.6. The van der Waals surface area contributed by atoms with Crippen LogP contribution in [0.5, 0.6) is 0 Å². The molecule has 1 aliphatic rings. The predicted molar refractivity (Wildman–Crippen MR) is 111 cm³/mol. The zero-order valence-electron chi connectivity index (χ0n) is 16.8. The number of likely N-dealkylation sites (N-methyl/N-ethyl adjacent to an activating group) is 1. The van der Waals surface area contributed by atoms with Gasteiger partial charge in [-0.2, -0.15) is 0 Å². The average molecular weight is 412 g/mol. The van der Waals surface area contributed by atoms with E-state index in [1.165, 1.54) is 24.0 Å². The van der Waals surface area contributed by atoms with Gasteiger partial charge in [-0.3, -0.25) is 4.90 Å². The Balaban J connectivity index is 1.89. The summed E-state index contributed by atoms with van der Waals surface area (Å²) in [5.41, 5.74) is 0.369. The zero-order valence-corrected chi connectivity index (χ0v) is 16.8. The molecule has 0 radical (unpaired) electrons. The van der Waals surface area contributed by atoms with Crippen molar-refractivity contribution in [2.45, 2.75) is 25.8 Å². The molecule has 1 saturated heterocycles. The summed E-state index contributed by atoms with van der Waals surface area (Å²) in [4.78, 5) is 15.5. The Bertz CT molecular complexity index is 1120. The Hall–Kier alpha value is -3.13. The van der Waals surface area contributed by atoms with Crippen molar-refractivity contribution in [3.63, 3.8) is 0 Å². The van der Waals surface area contributed by atoms with E-state index in [0.29, 0.717) is 23.7 Å². The van der Waals surface area contributed by atoms with Crippen LogP contribution in [0.2, 0.25) is 0 Å². The largest absolute Gasteiger partial charge is 0.465 e. The van der Waals surface area contributed by atoms with Crippen LogP contribution in [0.1, 0.15) is 18.4 Å². The summed E-state index contributed by atoms with van der Waals surface area (Å²) in [6.45, 7) is 2.98. The molecule has 1 aromatic heterocycles. The van der Waals surface area contributed by atoms with Crippen molar-refractivity contribution >= 4 is 22.7 Å². The fourth-order valence-electron chi connectivity index (χ4n) is 4.07. The number of fused-ring (bicyclic) bond motifs is 1. The lowest BCUT2D eigenvalue weighted by Crippen LogP contribution is -2.49. The third-order valence-electron chi connectivity index (χ3n) is 5.60. The van der Waals surface area contributed by atoms with Crippen molar-refractivity contribution in [1.29, 1.82) is 0 Å². The first-order chi connectivity index (χ1) is 14.4. The Morgan fingerprint density at radius 1 is 1.13 bits per heavy atom. The van der Waals surface area contributed by atoms with E-state index in [9.17, 15) is 18.7 Å². The second kappa shape index (κ2) is 7.95. The van der Waals surface area contributed by atoms with Crippen LogP contribution < -0.4 is 4.90 Å². The molecule has 1 amide bonds. The summed E-state index contributed by atoms with van der Waals surface area (Å²) in [5.74, 6) is -1.72. The van der Waals surface area contributed by atoms with Gasteiger partial charge in [0.25, 0.3) is 0 Å². The van der Waals surface area contributed by atoms with Crippen molar-refractivity contribution in [3.05, 3.63) is 53.6 Å². The second-order valence-corrected chi connectivity index (χ2v) is 7.69. The summed E-state index contributed by atoms with van der Waals surface area (Å²) < 4.78 is 28.8. The van der Waals surface area contributed by atoms with Gasteiger partial charge in [0.05, 0.1) is 6.04 Å². The van der Waals surface area contributed by atoms with E-state index in [4.69, 9.17) is 0 Å². The topological polar surface area (TPSA) is 69.6 Å². The van der Waals surface area contributed by atoms with E-state index < -0.39 is 17.7 Å². The maximum atomic E-state index is 14.6. The maximum Gasteiger partial charge on any atom is 0.413 e. The van der Waals surface area contributed by atoms with Crippen LogP contribution in [-0.4, -0.2) is 52.5 Å².